The van der Waals surface area contributed by atoms with Gasteiger partial charge in [0.15, 0.2) is 0 Å². The molecule has 0 heterocycles. The lowest BCUT2D eigenvalue weighted by Gasteiger charge is -2.19. The van der Waals surface area contributed by atoms with Gasteiger partial charge >= 0.3 is 0 Å². The van der Waals surface area contributed by atoms with E-state index in [-0.39, 0.29) is 6.10 Å². The van der Waals surface area contributed by atoms with Crippen LogP contribution in [0.15, 0.2) is 0 Å². The molecule has 0 aliphatic heterocycles. The Hall–Kier alpha value is -0.0800. The van der Waals surface area contributed by atoms with Crippen LogP contribution in [0.3, 0.4) is 0 Å². The second kappa shape index (κ2) is 9.17. The fourth-order valence-electron chi connectivity index (χ4n) is 1.54. The van der Waals surface area contributed by atoms with Crippen LogP contribution in [-0.4, -0.2) is 23.8 Å². The highest BCUT2D eigenvalue weighted by atomic mass is 16.3. The van der Waals surface area contributed by atoms with Gasteiger partial charge in [0.2, 0.25) is 0 Å². The molecule has 2 unspecified atom stereocenters. The zero-order valence-corrected chi connectivity index (χ0v) is 10.9. The highest BCUT2D eigenvalue weighted by Crippen LogP contribution is 2.06. The molecule has 2 atom stereocenters. The van der Waals surface area contributed by atoms with Gasteiger partial charge in [-0.05, 0) is 19.3 Å². The fourth-order valence-corrected chi connectivity index (χ4v) is 1.54. The van der Waals surface area contributed by atoms with E-state index in [9.17, 15) is 5.11 Å². The third-order valence-corrected chi connectivity index (χ3v) is 2.94. The quantitative estimate of drug-likeness (QED) is 0.580. The van der Waals surface area contributed by atoms with E-state index in [0.29, 0.717) is 12.0 Å². The largest absolute Gasteiger partial charge is 0.392 e. The van der Waals surface area contributed by atoms with Crippen molar-refractivity contribution in [3.8, 4) is 0 Å². The average molecular weight is 215 g/mol. The molecule has 0 spiro atoms. The minimum absolute atomic E-state index is 0.205. The number of aliphatic hydroxyl groups is 1. The number of rotatable bonds is 9. The first kappa shape index (κ1) is 14.9. The van der Waals surface area contributed by atoms with Crippen LogP contribution in [0.5, 0.6) is 0 Å². The second-order valence-electron chi connectivity index (χ2n) is 4.97. The van der Waals surface area contributed by atoms with Crippen molar-refractivity contribution in [2.75, 3.05) is 6.54 Å². The first-order chi connectivity index (χ1) is 7.07. The molecule has 0 aromatic rings. The minimum Gasteiger partial charge on any atom is -0.392 e. The Morgan fingerprint density at radius 2 is 1.73 bits per heavy atom. The smallest absolute Gasteiger partial charge is 0.0687 e. The normalized spacial score (nSPS) is 15.6. The van der Waals surface area contributed by atoms with Crippen LogP contribution < -0.4 is 5.32 Å². The van der Waals surface area contributed by atoms with E-state index >= 15 is 0 Å². The van der Waals surface area contributed by atoms with Crippen LogP contribution in [0.2, 0.25) is 0 Å². The Labute approximate surface area is 95.5 Å². The number of hydrogen-bond acceptors (Lipinski definition) is 2. The molecule has 0 aliphatic carbocycles. The summed E-state index contributed by atoms with van der Waals surface area (Å²) >= 11 is 0. The van der Waals surface area contributed by atoms with E-state index in [2.05, 4.69) is 33.0 Å². The monoisotopic (exact) mass is 215 g/mol. The summed E-state index contributed by atoms with van der Waals surface area (Å²) in [7, 11) is 0. The lowest BCUT2D eigenvalue weighted by molar-refractivity contribution is 0.120. The number of unbranched alkanes of at least 4 members (excludes halogenated alkanes) is 3. The van der Waals surface area contributed by atoms with E-state index in [1.165, 1.54) is 32.1 Å². The summed E-state index contributed by atoms with van der Waals surface area (Å²) in [6, 6.07) is 0.537. The van der Waals surface area contributed by atoms with E-state index in [1.54, 1.807) is 0 Å². The van der Waals surface area contributed by atoms with Crippen molar-refractivity contribution in [2.45, 2.75) is 71.9 Å². The van der Waals surface area contributed by atoms with Crippen LogP contribution in [0.25, 0.3) is 0 Å². The highest BCUT2D eigenvalue weighted by Gasteiger charge is 2.10. The Balaban J connectivity index is 3.36. The summed E-state index contributed by atoms with van der Waals surface area (Å²) in [5, 5.41) is 13.0. The third kappa shape index (κ3) is 8.88. The molecule has 0 rings (SSSR count). The van der Waals surface area contributed by atoms with Crippen LogP contribution in [0.4, 0.5) is 0 Å². The molecule has 0 aliphatic rings. The van der Waals surface area contributed by atoms with Gasteiger partial charge in [-0.15, -0.1) is 0 Å². The van der Waals surface area contributed by atoms with Gasteiger partial charge in [0.25, 0.3) is 0 Å². The molecular weight excluding hydrogens is 186 g/mol. The second-order valence-corrected chi connectivity index (χ2v) is 4.97. The lowest BCUT2D eigenvalue weighted by atomic mass is 10.1. The summed E-state index contributed by atoms with van der Waals surface area (Å²) in [5.74, 6) is 0.352. The van der Waals surface area contributed by atoms with Gasteiger partial charge < -0.3 is 10.4 Å². The molecule has 0 aromatic carbocycles. The summed E-state index contributed by atoms with van der Waals surface area (Å²) < 4.78 is 0. The topological polar surface area (TPSA) is 32.3 Å². The van der Waals surface area contributed by atoms with Gasteiger partial charge in [-0.1, -0.05) is 46.5 Å². The minimum atomic E-state index is -0.205. The predicted octanol–water partition coefficient (Wildman–Crippen LogP) is 2.95. The van der Waals surface area contributed by atoms with Crippen molar-refractivity contribution in [1.82, 2.24) is 5.32 Å². The van der Waals surface area contributed by atoms with Crippen molar-refractivity contribution in [3.05, 3.63) is 0 Å². The maximum atomic E-state index is 9.62. The number of nitrogens with one attached hydrogen (secondary N) is 1. The molecule has 0 bridgehead atoms. The summed E-state index contributed by atoms with van der Waals surface area (Å²) in [5.41, 5.74) is 0. The van der Waals surface area contributed by atoms with Gasteiger partial charge in [0.05, 0.1) is 6.10 Å². The maximum absolute atomic E-state index is 9.62. The van der Waals surface area contributed by atoms with Gasteiger partial charge in [0, 0.05) is 12.6 Å². The Morgan fingerprint density at radius 1 is 1.07 bits per heavy atom. The van der Waals surface area contributed by atoms with Gasteiger partial charge in [-0.2, -0.15) is 0 Å². The molecule has 0 amide bonds. The summed E-state index contributed by atoms with van der Waals surface area (Å²) in [6.45, 7) is 9.28. The van der Waals surface area contributed by atoms with Gasteiger partial charge in [-0.25, -0.2) is 0 Å². The molecule has 15 heavy (non-hydrogen) atoms. The van der Waals surface area contributed by atoms with Crippen molar-refractivity contribution in [2.24, 2.45) is 5.92 Å². The van der Waals surface area contributed by atoms with E-state index < -0.39 is 0 Å². The standard InChI is InChI=1S/C13H29NO/c1-5-6-7-8-9-12(4)14-10-13(15)11(2)3/h11-15H,5-10H2,1-4H3. The molecule has 2 heteroatoms. The van der Waals surface area contributed by atoms with Crippen molar-refractivity contribution >= 4 is 0 Å². The van der Waals surface area contributed by atoms with Crippen LogP contribution in [0, 0.1) is 5.92 Å². The summed E-state index contributed by atoms with van der Waals surface area (Å²) in [4.78, 5) is 0. The third-order valence-electron chi connectivity index (χ3n) is 2.94. The van der Waals surface area contributed by atoms with Crippen LogP contribution in [-0.2, 0) is 0 Å². The highest BCUT2D eigenvalue weighted by molar-refractivity contribution is 4.67. The van der Waals surface area contributed by atoms with E-state index in [4.69, 9.17) is 0 Å². The van der Waals surface area contributed by atoms with E-state index in [0.717, 1.165) is 6.54 Å². The number of hydrogen-bond donors (Lipinski definition) is 2. The van der Waals surface area contributed by atoms with Crippen LogP contribution in [0.1, 0.15) is 59.8 Å². The molecule has 2 nitrogen and oxygen atoms in total. The predicted molar refractivity (Wildman–Crippen MR) is 67.1 cm³/mol. The van der Waals surface area contributed by atoms with Gasteiger partial charge in [-0.3, -0.25) is 0 Å². The molecule has 0 saturated carbocycles. The van der Waals surface area contributed by atoms with E-state index in [1.807, 2.05) is 0 Å². The van der Waals surface area contributed by atoms with Gasteiger partial charge in [0.1, 0.15) is 0 Å². The Kier molecular flexibility index (Phi) is 9.12. The Morgan fingerprint density at radius 3 is 2.27 bits per heavy atom. The average Bonchev–Trinajstić information content (AvgIpc) is 2.20. The fraction of sp³-hybridized carbons (Fsp3) is 1.00. The molecule has 0 fully saturated rings. The molecule has 0 aromatic heterocycles. The van der Waals surface area contributed by atoms with Crippen molar-refractivity contribution in [3.63, 3.8) is 0 Å². The molecule has 92 valence electrons. The van der Waals surface area contributed by atoms with Crippen molar-refractivity contribution in [1.29, 1.82) is 0 Å². The van der Waals surface area contributed by atoms with Crippen molar-refractivity contribution < 1.29 is 5.11 Å². The zero-order valence-electron chi connectivity index (χ0n) is 10.9. The lowest BCUT2D eigenvalue weighted by Crippen LogP contribution is -2.36. The first-order valence-electron chi connectivity index (χ1n) is 6.49. The first-order valence-corrected chi connectivity index (χ1v) is 6.49. The SMILES string of the molecule is CCCCCCC(C)NCC(O)C(C)C. The van der Waals surface area contributed by atoms with Crippen LogP contribution >= 0.6 is 0 Å². The number of aliphatic hydroxyl groups excluding tert-OH is 1. The molecule has 0 saturated heterocycles. The molecular formula is C13H29NO. The Bertz CT molecular complexity index is 136. The molecule has 0 radical (unpaired) electrons. The molecule has 2 N–H and O–H groups in total. The maximum Gasteiger partial charge on any atom is 0.0687 e. The zero-order chi connectivity index (χ0) is 11.7. The summed E-state index contributed by atoms with van der Waals surface area (Å²) in [6.07, 6.45) is 6.32.